The molecule has 1 rings (SSSR count). The van der Waals surface area contributed by atoms with Crippen LogP contribution in [0.15, 0.2) is 24.3 Å². The zero-order valence-corrected chi connectivity index (χ0v) is 9.79. The average molecular weight is 225 g/mol. The fraction of sp³-hybridized carbons (Fsp3) is 0.538. The molecule has 0 aliphatic carbocycles. The van der Waals surface area contributed by atoms with E-state index in [1.807, 2.05) is 12.1 Å². The summed E-state index contributed by atoms with van der Waals surface area (Å²) in [6.07, 6.45) is 2.94. The molecule has 1 aromatic carbocycles. The highest BCUT2D eigenvalue weighted by molar-refractivity contribution is 5.21. The predicted molar refractivity (Wildman–Crippen MR) is 63.9 cm³/mol. The highest BCUT2D eigenvalue weighted by Gasteiger charge is 2.13. The van der Waals surface area contributed by atoms with Crippen LogP contribution >= 0.6 is 0 Å². The van der Waals surface area contributed by atoms with Gasteiger partial charge in [0.25, 0.3) is 0 Å². The maximum atomic E-state index is 13.5. The van der Waals surface area contributed by atoms with Crippen LogP contribution in [0.4, 0.5) is 4.39 Å². The molecule has 3 heteroatoms. The minimum atomic E-state index is -0.148. The normalized spacial score (nSPS) is 12.7. The zero-order chi connectivity index (χ0) is 11.8. The summed E-state index contributed by atoms with van der Waals surface area (Å²) in [5.41, 5.74) is 6.43. The van der Waals surface area contributed by atoms with Gasteiger partial charge in [-0.05, 0) is 36.9 Å². The summed E-state index contributed by atoms with van der Waals surface area (Å²) in [5.74, 6) is -0.0252. The van der Waals surface area contributed by atoms with Crippen molar-refractivity contribution in [2.24, 2.45) is 5.73 Å². The van der Waals surface area contributed by atoms with Gasteiger partial charge < -0.3 is 10.5 Å². The van der Waals surface area contributed by atoms with Crippen LogP contribution in [0.2, 0.25) is 0 Å². The smallest absolute Gasteiger partial charge is 0.126 e. The molecule has 0 amide bonds. The summed E-state index contributed by atoms with van der Waals surface area (Å²) in [7, 11) is 1.69. The van der Waals surface area contributed by atoms with Crippen molar-refractivity contribution in [3.63, 3.8) is 0 Å². The molecule has 0 fully saturated rings. The molecule has 16 heavy (non-hydrogen) atoms. The van der Waals surface area contributed by atoms with E-state index in [1.165, 1.54) is 6.07 Å². The number of hydrogen-bond donors (Lipinski definition) is 1. The third-order valence-electron chi connectivity index (χ3n) is 2.78. The van der Waals surface area contributed by atoms with Gasteiger partial charge in [-0.2, -0.15) is 0 Å². The van der Waals surface area contributed by atoms with Gasteiger partial charge >= 0.3 is 0 Å². The Hall–Kier alpha value is -0.930. The molecular formula is C13H20FNO. The van der Waals surface area contributed by atoms with Crippen molar-refractivity contribution in [1.82, 2.24) is 0 Å². The molecule has 0 heterocycles. The Labute approximate surface area is 96.6 Å². The van der Waals surface area contributed by atoms with Crippen LogP contribution in [0.3, 0.4) is 0 Å². The SMILES string of the molecule is COCCCCC(CN)c1ccccc1F. The molecular weight excluding hydrogens is 205 g/mol. The predicted octanol–water partition coefficient (Wildman–Crippen LogP) is 2.68. The lowest BCUT2D eigenvalue weighted by Crippen LogP contribution is -2.14. The number of unbranched alkanes of at least 4 members (excludes halogenated alkanes) is 1. The van der Waals surface area contributed by atoms with Crippen LogP contribution in [0.25, 0.3) is 0 Å². The second-order valence-electron chi connectivity index (χ2n) is 3.94. The zero-order valence-electron chi connectivity index (χ0n) is 9.79. The van der Waals surface area contributed by atoms with Gasteiger partial charge in [0.1, 0.15) is 5.82 Å². The van der Waals surface area contributed by atoms with Crippen LogP contribution in [0, 0.1) is 5.82 Å². The highest BCUT2D eigenvalue weighted by atomic mass is 19.1. The molecule has 0 bridgehead atoms. The number of rotatable bonds is 7. The molecule has 1 unspecified atom stereocenters. The number of nitrogens with two attached hydrogens (primary N) is 1. The lowest BCUT2D eigenvalue weighted by Gasteiger charge is -2.15. The van der Waals surface area contributed by atoms with E-state index in [9.17, 15) is 4.39 Å². The highest BCUT2D eigenvalue weighted by Crippen LogP contribution is 2.23. The van der Waals surface area contributed by atoms with Gasteiger partial charge in [-0.25, -0.2) is 4.39 Å². The van der Waals surface area contributed by atoms with Gasteiger partial charge in [-0.1, -0.05) is 24.6 Å². The summed E-state index contributed by atoms with van der Waals surface area (Å²) < 4.78 is 18.5. The van der Waals surface area contributed by atoms with Crippen molar-refractivity contribution < 1.29 is 9.13 Å². The molecule has 2 nitrogen and oxygen atoms in total. The maximum Gasteiger partial charge on any atom is 0.126 e. The van der Waals surface area contributed by atoms with Gasteiger partial charge in [0.15, 0.2) is 0 Å². The van der Waals surface area contributed by atoms with Crippen molar-refractivity contribution in [2.45, 2.75) is 25.2 Å². The molecule has 0 saturated heterocycles. The quantitative estimate of drug-likeness (QED) is 0.724. The first-order valence-corrected chi connectivity index (χ1v) is 5.73. The Balaban J connectivity index is 2.51. The van der Waals surface area contributed by atoms with Crippen LogP contribution in [0.1, 0.15) is 30.7 Å². The third kappa shape index (κ3) is 3.91. The first kappa shape index (κ1) is 13.1. The Morgan fingerprint density at radius 3 is 2.69 bits per heavy atom. The number of hydrogen-bond acceptors (Lipinski definition) is 2. The first-order valence-electron chi connectivity index (χ1n) is 5.73. The second kappa shape index (κ2) is 7.36. The molecule has 0 aromatic heterocycles. The van der Waals surface area contributed by atoms with Crippen molar-refractivity contribution in [1.29, 1.82) is 0 Å². The fourth-order valence-electron chi connectivity index (χ4n) is 1.84. The van der Waals surface area contributed by atoms with Gasteiger partial charge in [-0.3, -0.25) is 0 Å². The Morgan fingerprint density at radius 1 is 1.31 bits per heavy atom. The molecule has 90 valence electrons. The molecule has 0 radical (unpaired) electrons. The number of benzene rings is 1. The van der Waals surface area contributed by atoms with Crippen molar-refractivity contribution >= 4 is 0 Å². The Kier molecular flexibility index (Phi) is 6.04. The van der Waals surface area contributed by atoms with Crippen molar-refractivity contribution in [3.8, 4) is 0 Å². The number of methoxy groups -OCH3 is 1. The Bertz CT molecular complexity index is 304. The van der Waals surface area contributed by atoms with E-state index in [1.54, 1.807) is 13.2 Å². The topological polar surface area (TPSA) is 35.2 Å². The van der Waals surface area contributed by atoms with E-state index in [-0.39, 0.29) is 11.7 Å². The van der Waals surface area contributed by atoms with E-state index >= 15 is 0 Å². The van der Waals surface area contributed by atoms with Crippen molar-refractivity contribution in [2.75, 3.05) is 20.3 Å². The summed E-state index contributed by atoms with van der Waals surface area (Å²) in [6, 6.07) is 6.88. The minimum Gasteiger partial charge on any atom is -0.385 e. The second-order valence-corrected chi connectivity index (χ2v) is 3.94. The molecule has 0 aliphatic rings. The van der Waals surface area contributed by atoms with E-state index in [2.05, 4.69) is 0 Å². The summed E-state index contributed by atoms with van der Waals surface area (Å²) in [4.78, 5) is 0. The maximum absolute atomic E-state index is 13.5. The van der Waals surface area contributed by atoms with Gasteiger partial charge in [0.2, 0.25) is 0 Å². The average Bonchev–Trinajstić information content (AvgIpc) is 2.31. The van der Waals surface area contributed by atoms with E-state index in [0.717, 1.165) is 31.4 Å². The van der Waals surface area contributed by atoms with Crippen molar-refractivity contribution in [3.05, 3.63) is 35.6 Å². The van der Waals surface area contributed by atoms with E-state index in [0.29, 0.717) is 6.54 Å². The molecule has 1 aromatic rings. The lowest BCUT2D eigenvalue weighted by atomic mass is 9.93. The van der Waals surface area contributed by atoms with Crippen LogP contribution in [0.5, 0.6) is 0 Å². The molecule has 2 N–H and O–H groups in total. The number of ether oxygens (including phenoxy) is 1. The monoisotopic (exact) mass is 225 g/mol. The van der Waals surface area contributed by atoms with Gasteiger partial charge in [0.05, 0.1) is 0 Å². The lowest BCUT2D eigenvalue weighted by molar-refractivity contribution is 0.191. The largest absolute Gasteiger partial charge is 0.385 e. The summed E-state index contributed by atoms with van der Waals surface area (Å²) >= 11 is 0. The van der Waals surface area contributed by atoms with Crippen LogP contribution in [-0.4, -0.2) is 20.3 Å². The summed E-state index contributed by atoms with van der Waals surface area (Å²) in [6.45, 7) is 1.25. The molecule has 1 atom stereocenters. The molecule has 0 saturated carbocycles. The van der Waals surface area contributed by atoms with Crippen LogP contribution < -0.4 is 5.73 Å². The minimum absolute atomic E-state index is 0.123. The van der Waals surface area contributed by atoms with E-state index in [4.69, 9.17) is 10.5 Å². The third-order valence-corrected chi connectivity index (χ3v) is 2.78. The van der Waals surface area contributed by atoms with Crippen LogP contribution in [-0.2, 0) is 4.74 Å². The number of halogens is 1. The van der Waals surface area contributed by atoms with E-state index < -0.39 is 0 Å². The van der Waals surface area contributed by atoms with Gasteiger partial charge in [0, 0.05) is 13.7 Å². The standard InChI is InChI=1S/C13H20FNO/c1-16-9-5-4-6-11(10-15)12-7-2-3-8-13(12)14/h2-3,7-8,11H,4-6,9-10,15H2,1H3. The fourth-order valence-corrected chi connectivity index (χ4v) is 1.84. The van der Waals surface area contributed by atoms with Gasteiger partial charge in [-0.15, -0.1) is 0 Å². The molecule has 0 spiro atoms. The Morgan fingerprint density at radius 2 is 2.06 bits per heavy atom. The molecule has 0 aliphatic heterocycles. The first-order chi connectivity index (χ1) is 7.79. The summed E-state index contributed by atoms with van der Waals surface area (Å²) in [5, 5.41) is 0.